The summed E-state index contributed by atoms with van der Waals surface area (Å²) in [7, 11) is 0. The molecule has 0 aromatic heterocycles. The van der Waals surface area contributed by atoms with Crippen LogP contribution in [0.4, 0.5) is 0 Å². The molecule has 1 saturated heterocycles. The molecule has 0 radical (unpaired) electrons. The molecule has 0 aliphatic carbocycles. The number of likely N-dealkylation sites (tertiary alicyclic amines) is 1. The molecule has 1 fully saturated rings. The predicted molar refractivity (Wildman–Crippen MR) is 44.8 cm³/mol. The van der Waals surface area contributed by atoms with Crippen molar-refractivity contribution in [2.75, 3.05) is 13.1 Å². The fourth-order valence-corrected chi connectivity index (χ4v) is 1.52. The Morgan fingerprint density at radius 3 is 2.90 bits per heavy atom. The van der Waals surface area contributed by atoms with E-state index in [9.17, 15) is 0 Å². The number of hydrogen-bond acceptors (Lipinski definition) is 1. The maximum absolute atomic E-state index is 4.03. The molecule has 1 heterocycles. The number of rotatable bonds is 1. The summed E-state index contributed by atoms with van der Waals surface area (Å²) in [4.78, 5) is 2.38. The average molecular weight is 139 g/mol. The van der Waals surface area contributed by atoms with E-state index >= 15 is 0 Å². The van der Waals surface area contributed by atoms with Crippen LogP contribution < -0.4 is 0 Å². The molecule has 1 rings (SSSR count). The highest BCUT2D eigenvalue weighted by atomic mass is 15.1. The van der Waals surface area contributed by atoms with Gasteiger partial charge >= 0.3 is 0 Å². The lowest BCUT2D eigenvalue weighted by Gasteiger charge is -2.33. The molecule has 0 aromatic rings. The molecule has 1 aliphatic heterocycles. The molecule has 0 aromatic carbocycles. The summed E-state index contributed by atoms with van der Waals surface area (Å²) in [5.74, 6) is 0.866. The van der Waals surface area contributed by atoms with Crippen LogP contribution in [0.2, 0.25) is 0 Å². The van der Waals surface area contributed by atoms with E-state index in [0.717, 1.165) is 12.5 Å². The Balaban J connectivity index is 2.45. The maximum atomic E-state index is 4.03. The normalized spacial score (nSPS) is 27.2. The van der Waals surface area contributed by atoms with Gasteiger partial charge in [-0.05, 0) is 25.7 Å². The van der Waals surface area contributed by atoms with Crippen molar-refractivity contribution in [3.63, 3.8) is 0 Å². The SMILES string of the molecule is C=C1CCC(C)CN1CC. The third kappa shape index (κ3) is 1.53. The first-order valence-electron chi connectivity index (χ1n) is 4.16. The Hall–Kier alpha value is -0.460. The standard InChI is InChI=1S/C9H17N/c1-4-10-7-8(2)5-6-9(10)3/h8H,3-7H2,1-2H3. The minimum atomic E-state index is 0.866. The minimum Gasteiger partial charge on any atom is -0.375 e. The van der Waals surface area contributed by atoms with Crippen molar-refractivity contribution in [3.05, 3.63) is 12.3 Å². The first kappa shape index (κ1) is 7.64. The zero-order chi connectivity index (χ0) is 7.56. The van der Waals surface area contributed by atoms with Crippen molar-refractivity contribution < 1.29 is 0 Å². The van der Waals surface area contributed by atoms with Crippen LogP contribution in [0, 0.1) is 5.92 Å². The summed E-state index contributed by atoms with van der Waals surface area (Å²) in [5.41, 5.74) is 1.33. The van der Waals surface area contributed by atoms with E-state index in [1.807, 2.05) is 0 Å². The zero-order valence-corrected chi connectivity index (χ0v) is 7.06. The number of hydrogen-bond donors (Lipinski definition) is 0. The largest absolute Gasteiger partial charge is 0.375 e. The monoisotopic (exact) mass is 139 g/mol. The van der Waals surface area contributed by atoms with E-state index in [0.29, 0.717) is 0 Å². The van der Waals surface area contributed by atoms with Crippen LogP contribution >= 0.6 is 0 Å². The molecule has 1 atom stereocenters. The van der Waals surface area contributed by atoms with Gasteiger partial charge in [-0.25, -0.2) is 0 Å². The molecule has 1 nitrogen and oxygen atoms in total. The summed E-state index contributed by atoms with van der Waals surface area (Å²) >= 11 is 0. The second kappa shape index (κ2) is 3.09. The first-order valence-corrected chi connectivity index (χ1v) is 4.16. The first-order chi connectivity index (χ1) is 4.74. The van der Waals surface area contributed by atoms with Crippen LogP contribution in [0.5, 0.6) is 0 Å². The van der Waals surface area contributed by atoms with E-state index in [1.165, 1.54) is 25.1 Å². The van der Waals surface area contributed by atoms with Gasteiger partial charge in [0.05, 0.1) is 0 Å². The van der Waals surface area contributed by atoms with Crippen LogP contribution in [0.15, 0.2) is 12.3 Å². The van der Waals surface area contributed by atoms with Crippen LogP contribution in [0.3, 0.4) is 0 Å². The van der Waals surface area contributed by atoms with Crippen molar-refractivity contribution in [2.45, 2.75) is 26.7 Å². The smallest absolute Gasteiger partial charge is 0.0200 e. The Morgan fingerprint density at radius 1 is 1.70 bits per heavy atom. The van der Waals surface area contributed by atoms with E-state index in [4.69, 9.17) is 0 Å². The quantitative estimate of drug-likeness (QED) is 0.538. The lowest BCUT2D eigenvalue weighted by molar-refractivity contribution is 0.248. The van der Waals surface area contributed by atoms with Gasteiger partial charge in [-0.3, -0.25) is 0 Å². The third-order valence-electron chi connectivity index (χ3n) is 2.29. The molecule has 1 heteroatoms. The van der Waals surface area contributed by atoms with E-state index in [1.54, 1.807) is 0 Å². The molecule has 0 amide bonds. The van der Waals surface area contributed by atoms with E-state index in [-0.39, 0.29) is 0 Å². The van der Waals surface area contributed by atoms with Gasteiger partial charge in [0.25, 0.3) is 0 Å². The highest BCUT2D eigenvalue weighted by Crippen LogP contribution is 2.22. The molecule has 0 spiro atoms. The highest BCUT2D eigenvalue weighted by molar-refractivity contribution is 4.97. The summed E-state index contributed by atoms with van der Waals surface area (Å²) in [6.45, 7) is 10.9. The topological polar surface area (TPSA) is 3.24 Å². The van der Waals surface area contributed by atoms with Gasteiger partial charge in [0, 0.05) is 18.8 Å². The fraction of sp³-hybridized carbons (Fsp3) is 0.778. The van der Waals surface area contributed by atoms with Gasteiger partial charge < -0.3 is 4.90 Å². The van der Waals surface area contributed by atoms with Gasteiger partial charge in [0.1, 0.15) is 0 Å². The number of nitrogens with zero attached hydrogens (tertiary/aromatic N) is 1. The van der Waals surface area contributed by atoms with Crippen LogP contribution in [0.1, 0.15) is 26.7 Å². The van der Waals surface area contributed by atoms with E-state index in [2.05, 4.69) is 25.3 Å². The molecule has 0 saturated carbocycles. The number of piperidine rings is 1. The van der Waals surface area contributed by atoms with Crippen molar-refractivity contribution in [3.8, 4) is 0 Å². The third-order valence-corrected chi connectivity index (χ3v) is 2.29. The number of allylic oxidation sites excluding steroid dienone is 1. The minimum absolute atomic E-state index is 0.866. The van der Waals surface area contributed by atoms with Crippen molar-refractivity contribution >= 4 is 0 Å². The van der Waals surface area contributed by atoms with Gasteiger partial charge in [-0.1, -0.05) is 13.5 Å². The second-order valence-corrected chi connectivity index (χ2v) is 3.25. The Labute approximate surface area is 63.7 Å². The summed E-state index contributed by atoms with van der Waals surface area (Å²) in [6, 6.07) is 0. The van der Waals surface area contributed by atoms with Gasteiger partial charge in [0.2, 0.25) is 0 Å². The Morgan fingerprint density at radius 2 is 2.40 bits per heavy atom. The average Bonchev–Trinajstić information content (AvgIpc) is 1.94. The maximum Gasteiger partial charge on any atom is 0.0200 e. The molecular formula is C9H17N. The Kier molecular flexibility index (Phi) is 2.36. The molecule has 0 bridgehead atoms. The van der Waals surface area contributed by atoms with Gasteiger partial charge in [0.15, 0.2) is 0 Å². The lowest BCUT2D eigenvalue weighted by atomic mass is 9.98. The molecule has 58 valence electrons. The van der Waals surface area contributed by atoms with Crippen LogP contribution in [-0.2, 0) is 0 Å². The summed E-state index contributed by atoms with van der Waals surface area (Å²) < 4.78 is 0. The highest BCUT2D eigenvalue weighted by Gasteiger charge is 2.16. The molecule has 10 heavy (non-hydrogen) atoms. The Bertz CT molecular complexity index is 129. The van der Waals surface area contributed by atoms with Gasteiger partial charge in [-0.15, -0.1) is 0 Å². The van der Waals surface area contributed by atoms with E-state index < -0.39 is 0 Å². The van der Waals surface area contributed by atoms with Crippen molar-refractivity contribution in [1.29, 1.82) is 0 Å². The molecular weight excluding hydrogens is 122 g/mol. The second-order valence-electron chi connectivity index (χ2n) is 3.25. The van der Waals surface area contributed by atoms with Gasteiger partial charge in [-0.2, -0.15) is 0 Å². The lowest BCUT2D eigenvalue weighted by Crippen LogP contribution is -2.31. The molecule has 0 N–H and O–H groups in total. The summed E-state index contributed by atoms with van der Waals surface area (Å²) in [5, 5.41) is 0. The molecule has 1 aliphatic rings. The molecule has 1 unspecified atom stereocenters. The zero-order valence-electron chi connectivity index (χ0n) is 7.06. The predicted octanol–water partition coefficient (Wildman–Crippen LogP) is 2.25. The fourth-order valence-electron chi connectivity index (χ4n) is 1.52. The van der Waals surface area contributed by atoms with Crippen molar-refractivity contribution in [2.24, 2.45) is 5.92 Å². The summed E-state index contributed by atoms with van der Waals surface area (Å²) in [6.07, 6.45) is 2.53. The van der Waals surface area contributed by atoms with Crippen molar-refractivity contribution in [1.82, 2.24) is 4.90 Å². The van der Waals surface area contributed by atoms with Crippen LogP contribution in [0.25, 0.3) is 0 Å². The van der Waals surface area contributed by atoms with Crippen LogP contribution in [-0.4, -0.2) is 18.0 Å².